The first kappa shape index (κ1) is 20.9. The number of carbonyl (C=O) groups is 2. The smallest absolute Gasteiger partial charge is 0.259 e. The SMILES string of the molecule is CS(=O)(=O)N1CCCN(C(=O)c2ccc(Cl)c(Cl)c2)C1C(=O)NCCN. The lowest BCUT2D eigenvalue weighted by molar-refractivity contribution is -0.130. The Bertz CT molecular complexity index is 803. The van der Waals surface area contributed by atoms with E-state index in [1.54, 1.807) is 0 Å². The van der Waals surface area contributed by atoms with Crippen LogP contribution in [0.25, 0.3) is 0 Å². The average molecular weight is 423 g/mol. The van der Waals surface area contributed by atoms with Crippen molar-refractivity contribution >= 4 is 45.0 Å². The second kappa shape index (κ2) is 8.53. The fourth-order valence-electron chi connectivity index (χ4n) is 2.71. The van der Waals surface area contributed by atoms with Gasteiger partial charge in [-0.25, -0.2) is 8.42 Å². The molecule has 1 saturated heterocycles. The third-order valence-corrected chi connectivity index (χ3v) is 5.85. The molecule has 1 aliphatic heterocycles. The molecule has 0 aliphatic carbocycles. The molecule has 144 valence electrons. The van der Waals surface area contributed by atoms with Crippen molar-refractivity contribution in [2.24, 2.45) is 5.73 Å². The summed E-state index contributed by atoms with van der Waals surface area (Å²) < 4.78 is 25.3. The molecule has 8 nitrogen and oxygen atoms in total. The highest BCUT2D eigenvalue weighted by Crippen LogP contribution is 2.25. The fourth-order valence-corrected chi connectivity index (χ4v) is 4.04. The molecule has 1 atom stereocenters. The van der Waals surface area contributed by atoms with Gasteiger partial charge in [0.2, 0.25) is 10.0 Å². The lowest BCUT2D eigenvalue weighted by Gasteiger charge is -2.41. The molecule has 0 radical (unpaired) electrons. The van der Waals surface area contributed by atoms with Crippen LogP contribution in [0.3, 0.4) is 0 Å². The third-order valence-electron chi connectivity index (χ3n) is 3.88. The number of amides is 2. The maximum atomic E-state index is 12.9. The van der Waals surface area contributed by atoms with Crippen molar-refractivity contribution in [3.63, 3.8) is 0 Å². The number of halogens is 2. The molecular weight excluding hydrogens is 403 g/mol. The molecule has 1 aromatic carbocycles. The number of hydrogen-bond acceptors (Lipinski definition) is 5. The zero-order valence-corrected chi connectivity index (χ0v) is 16.4. The molecule has 1 aromatic rings. The normalized spacial score (nSPS) is 18.6. The predicted octanol–water partition coefficient (Wildman–Crippen LogP) is 0.502. The van der Waals surface area contributed by atoms with Crippen LogP contribution in [0.5, 0.6) is 0 Å². The molecule has 1 unspecified atom stereocenters. The number of rotatable bonds is 5. The summed E-state index contributed by atoms with van der Waals surface area (Å²) in [5, 5.41) is 3.03. The van der Waals surface area contributed by atoms with Crippen LogP contribution in [-0.4, -0.2) is 68.0 Å². The third kappa shape index (κ3) is 4.66. The molecule has 1 heterocycles. The quantitative estimate of drug-likeness (QED) is 0.717. The van der Waals surface area contributed by atoms with E-state index in [2.05, 4.69) is 5.32 Å². The van der Waals surface area contributed by atoms with E-state index in [9.17, 15) is 18.0 Å². The van der Waals surface area contributed by atoms with Gasteiger partial charge in [-0.1, -0.05) is 23.2 Å². The lowest BCUT2D eigenvalue weighted by Crippen LogP contribution is -2.63. The van der Waals surface area contributed by atoms with Gasteiger partial charge in [-0.2, -0.15) is 4.31 Å². The van der Waals surface area contributed by atoms with E-state index in [-0.39, 0.29) is 41.8 Å². The first-order valence-electron chi connectivity index (χ1n) is 7.87. The molecule has 1 aliphatic rings. The Labute approximate surface area is 162 Å². The second-order valence-corrected chi connectivity index (χ2v) is 8.56. The number of nitrogens with one attached hydrogen (secondary N) is 1. The van der Waals surface area contributed by atoms with E-state index in [1.165, 1.54) is 23.1 Å². The molecule has 0 saturated carbocycles. The van der Waals surface area contributed by atoms with Crippen LogP contribution in [0.1, 0.15) is 16.8 Å². The van der Waals surface area contributed by atoms with Crippen LogP contribution in [-0.2, 0) is 14.8 Å². The highest BCUT2D eigenvalue weighted by molar-refractivity contribution is 7.88. The second-order valence-electron chi connectivity index (χ2n) is 5.81. The summed E-state index contributed by atoms with van der Waals surface area (Å²) in [5.41, 5.74) is 5.60. The van der Waals surface area contributed by atoms with Crippen molar-refractivity contribution in [2.75, 3.05) is 32.4 Å². The number of hydrogen-bond donors (Lipinski definition) is 2. The number of benzene rings is 1. The zero-order valence-electron chi connectivity index (χ0n) is 14.1. The van der Waals surface area contributed by atoms with E-state index in [0.717, 1.165) is 10.6 Å². The Morgan fingerprint density at radius 2 is 1.96 bits per heavy atom. The average Bonchev–Trinajstić information content (AvgIpc) is 2.60. The van der Waals surface area contributed by atoms with Crippen LogP contribution >= 0.6 is 23.2 Å². The van der Waals surface area contributed by atoms with E-state index in [0.29, 0.717) is 6.42 Å². The Kier molecular flexibility index (Phi) is 6.86. The van der Waals surface area contributed by atoms with Crippen molar-refractivity contribution in [2.45, 2.75) is 12.6 Å². The van der Waals surface area contributed by atoms with Gasteiger partial charge < -0.3 is 16.0 Å². The van der Waals surface area contributed by atoms with E-state index >= 15 is 0 Å². The molecule has 1 fully saturated rings. The van der Waals surface area contributed by atoms with Gasteiger partial charge in [-0.05, 0) is 24.6 Å². The van der Waals surface area contributed by atoms with E-state index < -0.39 is 28.0 Å². The van der Waals surface area contributed by atoms with E-state index in [4.69, 9.17) is 28.9 Å². The minimum atomic E-state index is -3.71. The van der Waals surface area contributed by atoms with Crippen molar-refractivity contribution in [3.8, 4) is 0 Å². The topological polar surface area (TPSA) is 113 Å². The number of carbonyl (C=O) groups excluding carboxylic acids is 2. The summed E-state index contributed by atoms with van der Waals surface area (Å²) in [7, 11) is -3.71. The van der Waals surface area contributed by atoms with E-state index in [1.807, 2.05) is 0 Å². The zero-order chi connectivity index (χ0) is 19.5. The maximum Gasteiger partial charge on any atom is 0.259 e. The van der Waals surface area contributed by atoms with Gasteiger partial charge in [-0.15, -0.1) is 0 Å². The summed E-state index contributed by atoms with van der Waals surface area (Å²) >= 11 is 11.8. The van der Waals surface area contributed by atoms with Gasteiger partial charge in [0.25, 0.3) is 11.8 Å². The van der Waals surface area contributed by atoms with Gasteiger partial charge in [0, 0.05) is 31.7 Å². The highest BCUT2D eigenvalue weighted by Gasteiger charge is 2.42. The van der Waals surface area contributed by atoms with Crippen molar-refractivity contribution in [3.05, 3.63) is 33.8 Å². The largest absolute Gasteiger partial charge is 0.352 e. The Morgan fingerprint density at radius 1 is 1.27 bits per heavy atom. The highest BCUT2D eigenvalue weighted by atomic mass is 35.5. The minimum Gasteiger partial charge on any atom is -0.352 e. The summed E-state index contributed by atoms with van der Waals surface area (Å²) in [4.78, 5) is 26.7. The maximum absolute atomic E-state index is 12.9. The van der Waals surface area contributed by atoms with Gasteiger partial charge in [0.15, 0.2) is 6.17 Å². The molecule has 3 N–H and O–H groups in total. The Hall–Kier alpha value is -1.39. The summed E-state index contributed by atoms with van der Waals surface area (Å²) in [5.74, 6) is -1.11. The predicted molar refractivity (Wildman–Crippen MR) is 99.5 cm³/mol. The fraction of sp³-hybridized carbons (Fsp3) is 0.467. The van der Waals surface area contributed by atoms with Crippen molar-refractivity contribution < 1.29 is 18.0 Å². The molecule has 0 spiro atoms. The number of nitrogens with two attached hydrogens (primary N) is 1. The summed E-state index contributed by atoms with van der Waals surface area (Å²) in [6.45, 7) is 0.732. The van der Waals surface area contributed by atoms with Crippen molar-refractivity contribution in [1.82, 2.24) is 14.5 Å². The van der Waals surface area contributed by atoms with Crippen LogP contribution in [0.2, 0.25) is 10.0 Å². The standard InChI is InChI=1S/C15H20Cl2N4O4S/c1-26(24,25)21-8-2-7-20(14(21)13(22)19-6-5-18)15(23)10-3-4-11(16)12(17)9-10/h3-4,9,14H,2,5-8,18H2,1H3,(H,19,22). The van der Waals surface area contributed by atoms with Gasteiger partial charge in [-0.3, -0.25) is 9.59 Å². The molecule has 0 bridgehead atoms. The molecule has 11 heteroatoms. The first-order chi connectivity index (χ1) is 12.2. The molecule has 0 aromatic heterocycles. The molecule has 2 amide bonds. The van der Waals surface area contributed by atoms with Gasteiger partial charge >= 0.3 is 0 Å². The van der Waals surface area contributed by atoms with Crippen LogP contribution in [0, 0.1) is 0 Å². The first-order valence-corrected chi connectivity index (χ1v) is 10.5. The number of nitrogens with zero attached hydrogens (tertiary/aromatic N) is 2. The van der Waals surface area contributed by atoms with Gasteiger partial charge in [0.1, 0.15) is 0 Å². The van der Waals surface area contributed by atoms with Gasteiger partial charge in [0.05, 0.1) is 16.3 Å². The lowest BCUT2D eigenvalue weighted by atomic mass is 10.1. The van der Waals surface area contributed by atoms with Crippen LogP contribution in [0.15, 0.2) is 18.2 Å². The molecule has 2 rings (SSSR count). The summed E-state index contributed by atoms with van der Waals surface area (Å²) in [6, 6.07) is 4.34. The Morgan fingerprint density at radius 3 is 2.54 bits per heavy atom. The Balaban J connectivity index is 2.40. The molecular formula is C15H20Cl2N4O4S. The van der Waals surface area contributed by atoms with Crippen LogP contribution < -0.4 is 11.1 Å². The van der Waals surface area contributed by atoms with Crippen molar-refractivity contribution in [1.29, 1.82) is 0 Å². The monoisotopic (exact) mass is 422 g/mol. The summed E-state index contributed by atoms with van der Waals surface area (Å²) in [6.07, 6.45) is 0.122. The van der Waals surface area contributed by atoms with Crippen LogP contribution in [0.4, 0.5) is 0 Å². The number of sulfonamides is 1. The minimum absolute atomic E-state index is 0.144. The molecule has 26 heavy (non-hydrogen) atoms.